The molecule has 1 nitrogen and oxygen atoms in total. The molecule has 0 radical (unpaired) electrons. The maximum absolute atomic E-state index is 6.38. The number of benzene rings is 1. The average Bonchev–Trinajstić information content (AvgIpc) is 2.62. The van der Waals surface area contributed by atoms with E-state index in [-0.39, 0.29) is 6.04 Å². The molecule has 1 aromatic heterocycles. The lowest BCUT2D eigenvalue weighted by molar-refractivity contribution is 0.879. The molecule has 17 heavy (non-hydrogen) atoms. The molecule has 0 saturated heterocycles. The molecule has 2 N–H and O–H groups in total. The zero-order chi connectivity index (χ0) is 12.6. The van der Waals surface area contributed by atoms with Crippen molar-refractivity contribution in [2.75, 3.05) is 0 Å². The smallest absolute Gasteiger partial charge is 0.0648 e. The Hall–Kier alpha value is -1.12. The van der Waals surface area contributed by atoms with Crippen LogP contribution in [0.3, 0.4) is 0 Å². The van der Waals surface area contributed by atoms with E-state index in [2.05, 4.69) is 52.0 Å². The first-order valence-corrected chi connectivity index (χ1v) is 6.70. The molecule has 0 bridgehead atoms. The van der Waals surface area contributed by atoms with E-state index < -0.39 is 0 Å². The van der Waals surface area contributed by atoms with E-state index in [1.807, 2.05) is 0 Å². The van der Waals surface area contributed by atoms with Crippen molar-refractivity contribution in [3.63, 3.8) is 0 Å². The van der Waals surface area contributed by atoms with Gasteiger partial charge in [-0.3, -0.25) is 0 Å². The van der Waals surface area contributed by atoms with Crippen molar-refractivity contribution in [3.8, 4) is 0 Å². The molecule has 1 unspecified atom stereocenters. The molecule has 1 heterocycles. The van der Waals surface area contributed by atoms with Gasteiger partial charge < -0.3 is 5.73 Å². The fraction of sp³-hybridized carbons (Fsp3) is 0.333. The van der Waals surface area contributed by atoms with Gasteiger partial charge in [0.2, 0.25) is 0 Å². The van der Waals surface area contributed by atoms with Gasteiger partial charge in [0.05, 0.1) is 6.04 Å². The van der Waals surface area contributed by atoms with Crippen molar-refractivity contribution in [1.29, 1.82) is 0 Å². The molecular weight excluding hydrogens is 226 g/mol. The predicted octanol–water partition coefficient (Wildman–Crippen LogP) is 4.03. The van der Waals surface area contributed by atoms with Crippen molar-refractivity contribution in [3.05, 3.63) is 56.3 Å². The van der Waals surface area contributed by atoms with Crippen LogP contribution in [0.5, 0.6) is 0 Å². The monoisotopic (exact) mass is 245 g/mol. The van der Waals surface area contributed by atoms with Gasteiger partial charge in [0.15, 0.2) is 0 Å². The standard InChI is InChI=1S/C15H19NS/c1-9-5-6-10(2)13(7-9)15(16)14-8-11(3)12(4)17-14/h5-8,15H,16H2,1-4H3. The molecule has 0 spiro atoms. The molecule has 0 saturated carbocycles. The summed E-state index contributed by atoms with van der Waals surface area (Å²) in [6.07, 6.45) is 0. The van der Waals surface area contributed by atoms with Crippen molar-refractivity contribution >= 4 is 11.3 Å². The minimum absolute atomic E-state index is 0.00676. The number of hydrogen-bond donors (Lipinski definition) is 1. The first-order valence-electron chi connectivity index (χ1n) is 5.88. The van der Waals surface area contributed by atoms with Crippen molar-refractivity contribution in [1.82, 2.24) is 0 Å². The number of nitrogens with two attached hydrogens (primary N) is 1. The summed E-state index contributed by atoms with van der Waals surface area (Å²) in [4.78, 5) is 2.62. The van der Waals surface area contributed by atoms with Crippen LogP contribution in [0.25, 0.3) is 0 Å². The molecule has 90 valence electrons. The third-order valence-electron chi connectivity index (χ3n) is 3.26. The van der Waals surface area contributed by atoms with Gasteiger partial charge in [-0.05, 0) is 50.5 Å². The van der Waals surface area contributed by atoms with Crippen LogP contribution in [0.15, 0.2) is 24.3 Å². The van der Waals surface area contributed by atoms with Crippen molar-refractivity contribution < 1.29 is 0 Å². The number of hydrogen-bond acceptors (Lipinski definition) is 2. The maximum Gasteiger partial charge on any atom is 0.0648 e. The zero-order valence-corrected chi connectivity index (χ0v) is 11.7. The van der Waals surface area contributed by atoms with E-state index in [1.165, 1.54) is 32.0 Å². The van der Waals surface area contributed by atoms with Crippen molar-refractivity contribution in [2.45, 2.75) is 33.7 Å². The summed E-state index contributed by atoms with van der Waals surface area (Å²) in [6, 6.07) is 8.71. The normalized spacial score (nSPS) is 12.8. The predicted molar refractivity (Wildman–Crippen MR) is 75.7 cm³/mol. The molecule has 2 rings (SSSR count). The van der Waals surface area contributed by atoms with Gasteiger partial charge in [0, 0.05) is 9.75 Å². The molecule has 1 atom stereocenters. The Morgan fingerprint density at radius 2 is 1.71 bits per heavy atom. The largest absolute Gasteiger partial charge is 0.320 e. The van der Waals surface area contributed by atoms with Crippen LogP contribution in [0, 0.1) is 27.7 Å². The van der Waals surface area contributed by atoms with Gasteiger partial charge >= 0.3 is 0 Å². The van der Waals surface area contributed by atoms with Crippen LogP contribution in [-0.2, 0) is 0 Å². The summed E-state index contributed by atoms with van der Waals surface area (Å²) < 4.78 is 0. The van der Waals surface area contributed by atoms with Gasteiger partial charge in [-0.2, -0.15) is 0 Å². The molecule has 0 aliphatic carbocycles. The average molecular weight is 245 g/mol. The summed E-state index contributed by atoms with van der Waals surface area (Å²) in [5.41, 5.74) is 11.5. The molecule has 0 amide bonds. The third kappa shape index (κ3) is 2.43. The van der Waals surface area contributed by atoms with Crippen LogP contribution < -0.4 is 5.73 Å². The van der Waals surface area contributed by atoms with Crippen LogP contribution in [0.4, 0.5) is 0 Å². The zero-order valence-electron chi connectivity index (χ0n) is 10.9. The third-order valence-corrected chi connectivity index (χ3v) is 4.50. The summed E-state index contributed by atoms with van der Waals surface area (Å²) in [6.45, 7) is 8.53. The van der Waals surface area contributed by atoms with E-state index >= 15 is 0 Å². The van der Waals surface area contributed by atoms with E-state index in [4.69, 9.17) is 5.73 Å². The molecule has 0 fully saturated rings. The Labute approximate surface area is 107 Å². The van der Waals surface area contributed by atoms with Crippen molar-refractivity contribution in [2.24, 2.45) is 5.73 Å². The fourth-order valence-corrected chi connectivity index (χ4v) is 3.07. The second-order valence-electron chi connectivity index (χ2n) is 4.73. The molecule has 0 aliphatic heterocycles. The van der Waals surface area contributed by atoms with Gasteiger partial charge in [-0.25, -0.2) is 0 Å². The first kappa shape index (κ1) is 12.3. The number of aryl methyl sites for hydroxylation is 4. The fourth-order valence-electron chi connectivity index (χ4n) is 2.00. The Bertz CT molecular complexity index is 520. The van der Waals surface area contributed by atoms with E-state index in [0.29, 0.717) is 0 Å². The van der Waals surface area contributed by atoms with E-state index in [0.717, 1.165) is 0 Å². The summed E-state index contributed by atoms with van der Waals surface area (Å²) in [7, 11) is 0. The van der Waals surface area contributed by atoms with Crippen LogP contribution in [0.1, 0.15) is 38.0 Å². The molecular formula is C15H19NS. The molecule has 0 aliphatic rings. The summed E-state index contributed by atoms with van der Waals surface area (Å²) in [5.74, 6) is 0. The highest BCUT2D eigenvalue weighted by atomic mass is 32.1. The second kappa shape index (κ2) is 4.63. The highest BCUT2D eigenvalue weighted by Gasteiger charge is 2.14. The number of thiophene rings is 1. The Morgan fingerprint density at radius 1 is 1.00 bits per heavy atom. The molecule has 2 aromatic rings. The van der Waals surface area contributed by atoms with Crippen LogP contribution in [-0.4, -0.2) is 0 Å². The molecule has 1 aromatic carbocycles. The topological polar surface area (TPSA) is 26.0 Å². The minimum Gasteiger partial charge on any atom is -0.320 e. The Balaban J connectivity index is 2.42. The van der Waals surface area contributed by atoms with Gasteiger partial charge in [0.25, 0.3) is 0 Å². The van der Waals surface area contributed by atoms with Gasteiger partial charge in [-0.1, -0.05) is 23.8 Å². The number of rotatable bonds is 2. The first-order chi connectivity index (χ1) is 7.99. The van der Waals surface area contributed by atoms with E-state index in [9.17, 15) is 0 Å². The Kier molecular flexibility index (Phi) is 3.36. The second-order valence-corrected chi connectivity index (χ2v) is 6.01. The van der Waals surface area contributed by atoms with Crippen LogP contribution in [0.2, 0.25) is 0 Å². The molecule has 2 heteroatoms. The summed E-state index contributed by atoms with van der Waals surface area (Å²) in [5, 5.41) is 0. The highest BCUT2D eigenvalue weighted by molar-refractivity contribution is 7.12. The lowest BCUT2D eigenvalue weighted by Gasteiger charge is -2.14. The SMILES string of the molecule is Cc1ccc(C)c(C(N)c2cc(C)c(C)s2)c1. The van der Waals surface area contributed by atoms with Crippen LogP contribution >= 0.6 is 11.3 Å². The minimum atomic E-state index is 0.00676. The van der Waals surface area contributed by atoms with Gasteiger partial charge in [0.1, 0.15) is 0 Å². The lowest BCUT2D eigenvalue weighted by Crippen LogP contribution is -2.12. The highest BCUT2D eigenvalue weighted by Crippen LogP contribution is 2.30. The summed E-state index contributed by atoms with van der Waals surface area (Å²) >= 11 is 1.81. The maximum atomic E-state index is 6.38. The van der Waals surface area contributed by atoms with E-state index in [1.54, 1.807) is 11.3 Å². The Morgan fingerprint density at radius 3 is 2.29 bits per heavy atom. The lowest BCUT2D eigenvalue weighted by atomic mass is 9.98. The van der Waals surface area contributed by atoms with Gasteiger partial charge in [-0.15, -0.1) is 11.3 Å². The quantitative estimate of drug-likeness (QED) is 0.849.